The molecule has 132 valence electrons. The Hall–Kier alpha value is -2.63. The lowest BCUT2D eigenvalue weighted by Gasteiger charge is -2.36. The molecule has 0 radical (unpaired) electrons. The van der Waals surface area contributed by atoms with Crippen LogP contribution in [0.2, 0.25) is 0 Å². The molecule has 6 heteroatoms. The van der Waals surface area contributed by atoms with Gasteiger partial charge in [0, 0.05) is 44.1 Å². The fraction of sp³-hybridized carbons (Fsp3) is 0.421. The number of carbonyl (C=O) groups is 1. The van der Waals surface area contributed by atoms with E-state index in [4.69, 9.17) is 0 Å². The van der Waals surface area contributed by atoms with Crippen LogP contribution in [-0.4, -0.2) is 53.0 Å². The molecule has 0 bridgehead atoms. The normalized spacial score (nSPS) is 15.8. The average Bonchev–Trinajstić information content (AvgIpc) is 2.68. The molecule has 1 atom stereocenters. The number of hydrogen-bond donors (Lipinski definition) is 1. The molecule has 25 heavy (non-hydrogen) atoms. The van der Waals surface area contributed by atoms with Crippen LogP contribution in [0.5, 0.6) is 0 Å². The van der Waals surface area contributed by atoms with Gasteiger partial charge >= 0.3 is 0 Å². The Morgan fingerprint density at radius 1 is 1.16 bits per heavy atom. The number of para-hydroxylation sites is 1. The fourth-order valence-corrected chi connectivity index (χ4v) is 2.84. The zero-order chi connectivity index (χ0) is 17.6. The highest BCUT2D eigenvalue weighted by Crippen LogP contribution is 2.16. The van der Waals surface area contributed by atoms with Crippen molar-refractivity contribution in [3.05, 3.63) is 48.3 Å². The Labute approximate surface area is 148 Å². The first-order valence-electron chi connectivity index (χ1n) is 8.86. The maximum atomic E-state index is 12.7. The molecule has 6 nitrogen and oxygen atoms in total. The van der Waals surface area contributed by atoms with Crippen LogP contribution >= 0.6 is 0 Å². The molecule has 3 rings (SSSR count). The number of nitrogens with one attached hydrogen (secondary N) is 1. The second-order valence-corrected chi connectivity index (χ2v) is 6.33. The summed E-state index contributed by atoms with van der Waals surface area (Å²) in [5.41, 5.74) is 1.66. The Kier molecular flexibility index (Phi) is 5.48. The minimum Gasteiger partial charge on any atom is -0.368 e. The van der Waals surface area contributed by atoms with Crippen molar-refractivity contribution >= 4 is 17.5 Å². The largest absolute Gasteiger partial charge is 0.368 e. The number of piperazine rings is 1. The van der Waals surface area contributed by atoms with Gasteiger partial charge < -0.3 is 15.1 Å². The van der Waals surface area contributed by atoms with E-state index in [0.29, 0.717) is 24.7 Å². The van der Waals surface area contributed by atoms with E-state index in [1.54, 1.807) is 12.3 Å². The third-order valence-electron chi connectivity index (χ3n) is 4.55. The Bertz CT molecular complexity index is 698. The van der Waals surface area contributed by atoms with E-state index in [-0.39, 0.29) is 11.9 Å². The number of benzene rings is 1. The molecule has 1 saturated heterocycles. The van der Waals surface area contributed by atoms with E-state index >= 15 is 0 Å². The highest BCUT2D eigenvalue weighted by Gasteiger charge is 2.23. The van der Waals surface area contributed by atoms with Crippen molar-refractivity contribution in [2.45, 2.75) is 26.3 Å². The zero-order valence-corrected chi connectivity index (χ0v) is 14.9. The summed E-state index contributed by atoms with van der Waals surface area (Å²) in [7, 11) is 0. The van der Waals surface area contributed by atoms with Crippen molar-refractivity contribution in [1.29, 1.82) is 0 Å². The van der Waals surface area contributed by atoms with E-state index < -0.39 is 0 Å². The molecule has 2 heterocycles. The van der Waals surface area contributed by atoms with Crippen molar-refractivity contribution in [1.82, 2.24) is 14.9 Å². The molecule has 2 aromatic rings. The van der Waals surface area contributed by atoms with Crippen LogP contribution in [0.25, 0.3) is 0 Å². The summed E-state index contributed by atoms with van der Waals surface area (Å²) < 4.78 is 0. The first kappa shape index (κ1) is 17.2. The lowest BCUT2D eigenvalue weighted by Crippen LogP contribution is -2.49. The highest BCUT2D eigenvalue weighted by atomic mass is 16.2. The third-order valence-corrected chi connectivity index (χ3v) is 4.55. The quantitative estimate of drug-likeness (QED) is 0.907. The van der Waals surface area contributed by atoms with Crippen molar-refractivity contribution < 1.29 is 4.79 Å². The van der Waals surface area contributed by atoms with E-state index in [9.17, 15) is 4.79 Å². The van der Waals surface area contributed by atoms with E-state index in [2.05, 4.69) is 46.2 Å². The topological polar surface area (TPSA) is 61.4 Å². The van der Waals surface area contributed by atoms with Crippen LogP contribution in [0.4, 0.5) is 11.6 Å². The maximum absolute atomic E-state index is 12.7. The number of carbonyl (C=O) groups excluding carboxylic acids is 1. The Balaban J connectivity index is 1.62. The molecule has 1 aromatic carbocycles. The Morgan fingerprint density at radius 2 is 1.88 bits per heavy atom. The molecule has 1 unspecified atom stereocenters. The summed E-state index contributed by atoms with van der Waals surface area (Å²) in [5, 5.41) is 3.22. The highest BCUT2D eigenvalue weighted by molar-refractivity contribution is 5.92. The van der Waals surface area contributed by atoms with Crippen LogP contribution in [-0.2, 0) is 0 Å². The van der Waals surface area contributed by atoms with Crippen molar-refractivity contribution in [2.75, 3.05) is 36.4 Å². The molecule has 1 aliphatic rings. The van der Waals surface area contributed by atoms with Gasteiger partial charge in [-0.25, -0.2) is 9.97 Å². The summed E-state index contributed by atoms with van der Waals surface area (Å²) in [5.74, 6) is 0.491. The van der Waals surface area contributed by atoms with Crippen LogP contribution in [0, 0.1) is 0 Å². The van der Waals surface area contributed by atoms with Crippen molar-refractivity contribution in [2.24, 2.45) is 0 Å². The van der Waals surface area contributed by atoms with Gasteiger partial charge in [0.1, 0.15) is 5.69 Å². The first-order chi connectivity index (χ1) is 12.2. The number of hydrogen-bond acceptors (Lipinski definition) is 5. The number of aromatic nitrogens is 2. The van der Waals surface area contributed by atoms with Crippen molar-refractivity contribution in [3.8, 4) is 0 Å². The zero-order valence-electron chi connectivity index (χ0n) is 14.9. The number of anilines is 2. The minimum absolute atomic E-state index is 0.0256. The van der Waals surface area contributed by atoms with E-state index in [1.807, 2.05) is 23.1 Å². The molecule has 1 aliphatic heterocycles. The van der Waals surface area contributed by atoms with Gasteiger partial charge in [0.2, 0.25) is 5.95 Å². The molecule has 1 aromatic heterocycles. The van der Waals surface area contributed by atoms with Gasteiger partial charge in [-0.1, -0.05) is 25.1 Å². The third kappa shape index (κ3) is 4.26. The lowest BCUT2D eigenvalue weighted by molar-refractivity contribution is 0.0741. The second-order valence-electron chi connectivity index (χ2n) is 6.33. The predicted molar refractivity (Wildman–Crippen MR) is 100.0 cm³/mol. The summed E-state index contributed by atoms with van der Waals surface area (Å²) in [6, 6.07) is 12.3. The van der Waals surface area contributed by atoms with Gasteiger partial charge in [-0.05, 0) is 31.5 Å². The fourth-order valence-electron chi connectivity index (χ4n) is 2.84. The van der Waals surface area contributed by atoms with Gasteiger partial charge in [0.05, 0.1) is 0 Å². The lowest BCUT2D eigenvalue weighted by atomic mass is 10.2. The SMILES string of the molecule is CCC(C)Nc1nccc(C(=O)N2CCN(c3ccccc3)CC2)n1. The van der Waals surface area contributed by atoms with Gasteiger partial charge in [-0.2, -0.15) is 0 Å². The Morgan fingerprint density at radius 3 is 2.56 bits per heavy atom. The van der Waals surface area contributed by atoms with Gasteiger partial charge in [-0.15, -0.1) is 0 Å². The summed E-state index contributed by atoms with van der Waals surface area (Å²) in [4.78, 5) is 25.5. The molecular formula is C19H25N5O. The smallest absolute Gasteiger partial charge is 0.272 e. The van der Waals surface area contributed by atoms with Crippen LogP contribution in [0.1, 0.15) is 30.8 Å². The maximum Gasteiger partial charge on any atom is 0.272 e. The molecule has 1 N–H and O–H groups in total. The van der Waals surface area contributed by atoms with Crippen LogP contribution < -0.4 is 10.2 Å². The molecule has 0 spiro atoms. The number of amides is 1. The molecular weight excluding hydrogens is 314 g/mol. The standard InChI is InChI=1S/C19H25N5O/c1-3-15(2)21-19-20-10-9-17(22-19)18(25)24-13-11-23(12-14-24)16-7-5-4-6-8-16/h4-10,15H,3,11-14H2,1-2H3,(H,20,21,22). The van der Waals surface area contributed by atoms with Gasteiger partial charge in [-0.3, -0.25) is 4.79 Å². The van der Waals surface area contributed by atoms with Crippen LogP contribution in [0.15, 0.2) is 42.6 Å². The summed E-state index contributed by atoms with van der Waals surface area (Å²) in [6.07, 6.45) is 2.62. The molecule has 0 aliphatic carbocycles. The van der Waals surface area contributed by atoms with E-state index in [0.717, 1.165) is 19.5 Å². The minimum atomic E-state index is -0.0256. The number of nitrogens with zero attached hydrogens (tertiary/aromatic N) is 4. The van der Waals surface area contributed by atoms with Gasteiger partial charge in [0.25, 0.3) is 5.91 Å². The molecule has 1 amide bonds. The monoisotopic (exact) mass is 339 g/mol. The average molecular weight is 339 g/mol. The summed E-state index contributed by atoms with van der Waals surface area (Å²) in [6.45, 7) is 7.23. The predicted octanol–water partition coefficient (Wildman–Crippen LogP) is 2.65. The van der Waals surface area contributed by atoms with Crippen molar-refractivity contribution in [3.63, 3.8) is 0 Å². The molecule has 1 fully saturated rings. The first-order valence-corrected chi connectivity index (χ1v) is 8.86. The summed E-state index contributed by atoms with van der Waals surface area (Å²) >= 11 is 0. The number of rotatable bonds is 5. The van der Waals surface area contributed by atoms with Crippen LogP contribution in [0.3, 0.4) is 0 Å². The second kappa shape index (κ2) is 7.96. The molecule has 0 saturated carbocycles. The van der Waals surface area contributed by atoms with Gasteiger partial charge in [0.15, 0.2) is 0 Å². The van der Waals surface area contributed by atoms with E-state index in [1.165, 1.54) is 5.69 Å².